The number of fused-ring (bicyclic) bond motifs is 1. The van der Waals surface area contributed by atoms with Crippen LogP contribution >= 0.6 is 11.3 Å². The van der Waals surface area contributed by atoms with Gasteiger partial charge in [-0.15, -0.1) is 11.3 Å². The SMILES string of the molecule is N/C(=N\N=[NH2+])c1ccc(C[C@H](NC(=O)c2ccc3c(c2)nc(-c2ccoc2)n3C2CCCCC2)c2csc(N)n2)cc1. The van der Waals surface area contributed by atoms with E-state index in [1.165, 1.54) is 30.6 Å². The minimum Gasteiger partial charge on any atom is -0.472 e. The summed E-state index contributed by atoms with van der Waals surface area (Å²) < 4.78 is 7.71. The van der Waals surface area contributed by atoms with Crippen LogP contribution in [0.3, 0.4) is 0 Å². The second-order valence-electron chi connectivity index (χ2n) is 10.5. The number of carbonyl (C=O) groups excluding carboxylic acids is 1. The van der Waals surface area contributed by atoms with E-state index in [0.29, 0.717) is 34.4 Å². The quantitative estimate of drug-likeness (QED) is 0.0867. The van der Waals surface area contributed by atoms with Gasteiger partial charge in [0.05, 0.1) is 39.7 Å². The topological polar surface area (TPSA) is 175 Å². The van der Waals surface area contributed by atoms with Crippen molar-refractivity contribution in [2.45, 2.75) is 50.6 Å². The normalized spacial score (nSPS) is 15.1. The molecule has 0 bridgehead atoms. The van der Waals surface area contributed by atoms with Crippen LogP contribution in [0, 0.1) is 0 Å². The number of hydrogen-bond donors (Lipinski definition) is 4. The van der Waals surface area contributed by atoms with Gasteiger partial charge in [0.25, 0.3) is 11.7 Å². The first-order valence-electron chi connectivity index (χ1n) is 13.9. The van der Waals surface area contributed by atoms with Crippen molar-refractivity contribution in [1.82, 2.24) is 19.9 Å². The minimum absolute atomic E-state index is 0.219. The number of aromatic nitrogens is 3. The number of carbonyl (C=O) groups is 1. The summed E-state index contributed by atoms with van der Waals surface area (Å²) in [5, 5.41) is 12.4. The summed E-state index contributed by atoms with van der Waals surface area (Å²) in [6.07, 6.45) is 9.76. The van der Waals surface area contributed by atoms with E-state index in [2.05, 4.69) is 25.2 Å². The first kappa shape index (κ1) is 27.3. The van der Waals surface area contributed by atoms with Gasteiger partial charge in [0, 0.05) is 22.5 Å². The molecule has 12 heteroatoms. The van der Waals surface area contributed by atoms with Crippen LogP contribution in [0.4, 0.5) is 5.13 Å². The number of anilines is 1. The highest BCUT2D eigenvalue weighted by molar-refractivity contribution is 7.13. The summed E-state index contributed by atoms with van der Waals surface area (Å²) in [6.45, 7) is 0. The Morgan fingerprint density at radius 2 is 1.90 bits per heavy atom. The fourth-order valence-electron chi connectivity index (χ4n) is 5.64. The Hall–Kier alpha value is -4.84. The third kappa shape index (κ3) is 5.66. The van der Waals surface area contributed by atoms with Crippen LogP contribution in [0.5, 0.6) is 0 Å². The number of furan rings is 1. The van der Waals surface area contributed by atoms with Crippen molar-refractivity contribution >= 4 is 39.2 Å². The van der Waals surface area contributed by atoms with E-state index < -0.39 is 6.04 Å². The maximum atomic E-state index is 13.6. The molecule has 3 aromatic heterocycles. The molecule has 7 N–H and O–H groups in total. The van der Waals surface area contributed by atoms with Gasteiger partial charge in [-0.3, -0.25) is 4.79 Å². The molecule has 1 saturated carbocycles. The molecule has 3 heterocycles. The Bertz CT molecular complexity index is 1730. The number of imidazole rings is 1. The molecule has 11 nitrogen and oxygen atoms in total. The van der Waals surface area contributed by atoms with Crippen molar-refractivity contribution in [2.24, 2.45) is 16.1 Å². The van der Waals surface area contributed by atoms with Crippen LogP contribution in [0.25, 0.3) is 22.4 Å². The van der Waals surface area contributed by atoms with Crippen molar-refractivity contribution in [3.8, 4) is 11.4 Å². The van der Waals surface area contributed by atoms with Crippen LogP contribution in [0.1, 0.15) is 71.4 Å². The van der Waals surface area contributed by atoms with Crippen molar-refractivity contribution in [3.63, 3.8) is 0 Å². The molecule has 1 atom stereocenters. The molecule has 0 spiro atoms. The van der Waals surface area contributed by atoms with Crippen molar-refractivity contribution in [2.75, 3.05) is 5.73 Å². The summed E-state index contributed by atoms with van der Waals surface area (Å²) in [4.78, 5) is 23.1. The zero-order valence-corrected chi connectivity index (χ0v) is 23.8. The van der Waals surface area contributed by atoms with Crippen LogP contribution in [0.15, 0.2) is 81.2 Å². The predicted molar refractivity (Wildman–Crippen MR) is 162 cm³/mol. The first-order chi connectivity index (χ1) is 20.5. The summed E-state index contributed by atoms with van der Waals surface area (Å²) in [5.41, 5.74) is 22.6. The Balaban J connectivity index is 1.28. The van der Waals surface area contributed by atoms with Crippen molar-refractivity contribution < 1.29 is 14.7 Å². The zero-order valence-electron chi connectivity index (χ0n) is 22.9. The first-order valence-corrected chi connectivity index (χ1v) is 14.8. The van der Waals surface area contributed by atoms with E-state index in [0.717, 1.165) is 40.8 Å². The monoisotopic (exact) mass is 582 g/mol. The Kier molecular flexibility index (Phi) is 7.78. The maximum absolute atomic E-state index is 13.6. The third-order valence-electron chi connectivity index (χ3n) is 7.73. The molecule has 6 rings (SSSR count). The molecule has 214 valence electrons. The molecule has 1 fully saturated rings. The van der Waals surface area contributed by atoms with Gasteiger partial charge >= 0.3 is 0 Å². The van der Waals surface area contributed by atoms with Crippen molar-refractivity contribution in [3.05, 3.63) is 88.8 Å². The summed E-state index contributed by atoms with van der Waals surface area (Å²) in [5.74, 6) is 0.870. The predicted octanol–water partition coefficient (Wildman–Crippen LogP) is 4.39. The second kappa shape index (κ2) is 12.0. The van der Waals surface area contributed by atoms with E-state index in [1.807, 2.05) is 53.9 Å². The van der Waals surface area contributed by atoms with Gasteiger partial charge in [0.15, 0.2) is 5.13 Å². The number of amidine groups is 1. The highest BCUT2D eigenvalue weighted by Crippen LogP contribution is 2.36. The molecule has 0 unspecified atom stereocenters. The van der Waals surface area contributed by atoms with Gasteiger partial charge < -0.3 is 25.8 Å². The summed E-state index contributed by atoms with van der Waals surface area (Å²) >= 11 is 1.34. The lowest BCUT2D eigenvalue weighted by Crippen LogP contribution is -2.30. The number of nitrogens with zero attached hydrogens (tertiary/aromatic N) is 5. The maximum Gasteiger partial charge on any atom is 0.273 e. The molecule has 1 aliphatic rings. The van der Waals surface area contributed by atoms with Gasteiger partial charge in [-0.2, -0.15) is 5.53 Å². The van der Waals surface area contributed by atoms with Gasteiger partial charge in [-0.1, -0.05) is 31.4 Å². The lowest BCUT2D eigenvalue weighted by atomic mass is 9.95. The highest BCUT2D eigenvalue weighted by atomic mass is 32.1. The number of nitrogens with one attached hydrogen (secondary N) is 1. The van der Waals surface area contributed by atoms with Gasteiger partial charge in [0.2, 0.25) is 0 Å². The number of amides is 1. The summed E-state index contributed by atoms with van der Waals surface area (Å²) in [7, 11) is 0. The lowest BCUT2D eigenvalue weighted by Gasteiger charge is -2.25. The Morgan fingerprint density at radius 3 is 2.60 bits per heavy atom. The van der Waals surface area contributed by atoms with Crippen molar-refractivity contribution in [1.29, 1.82) is 0 Å². The minimum atomic E-state index is -0.404. The zero-order chi connectivity index (χ0) is 29.1. The van der Waals surface area contributed by atoms with Gasteiger partial charge in [0.1, 0.15) is 17.3 Å². The van der Waals surface area contributed by atoms with E-state index in [9.17, 15) is 4.79 Å². The molecular weight excluding hydrogens is 550 g/mol. The number of hydrogen-bond acceptors (Lipinski definition) is 7. The highest BCUT2D eigenvalue weighted by Gasteiger charge is 2.24. The average Bonchev–Trinajstić information content (AvgIpc) is 3.77. The molecule has 1 amide bonds. The number of benzene rings is 2. The molecule has 1 aliphatic carbocycles. The molecule has 42 heavy (non-hydrogen) atoms. The fourth-order valence-corrected chi connectivity index (χ4v) is 6.26. The molecule has 0 radical (unpaired) electrons. The number of nitrogens with two attached hydrogens (primary N) is 3. The van der Waals surface area contributed by atoms with E-state index in [-0.39, 0.29) is 11.7 Å². The third-order valence-corrected chi connectivity index (χ3v) is 8.42. The smallest absolute Gasteiger partial charge is 0.273 e. The second-order valence-corrected chi connectivity index (χ2v) is 11.3. The standard InChI is InChI=1S/C30H31N9O2S/c31-27(37-38-33)19-8-6-18(7-9-19)14-23(25-17-42-30(32)36-25)35-29(40)20-10-11-26-24(15-20)34-28(21-12-13-41-16-21)39(26)22-4-2-1-3-5-22/h6-13,15-17,22-23H,1-5,14H2,(H2,32,36)(H,35,40)(H3,31,33,37)/p+1/t23-/m0/s1. The molecule has 2 aromatic carbocycles. The van der Waals surface area contributed by atoms with Crippen LogP contribution < -0.4 is 22.3 Å². The average molecular weight is 583 g/mol. The van der Waals surface area contributed by atoms with Crippen LogP contribution in [-0.4, -0.2) is 26.3 Å². The Labute approximate surface area is 246 Å². The van der Waals surface area contributed by atoms with E-state index in [1.54, 1.807) is 12.5 Å². The lowest BCUT2D eigenvalue weighted by molar-refractivity contribution is -0.221. The molecule has 0 aliphatic heterocycles. The molecule has 0 saturated heterocycles. The van der Waals surface area contributed by atoms with Gasteiger partial charge in [-0.05, 0) is 61.2 Å². The van der Waals surface area contributed by atoms with E-state index in [4.69, 9.17) is 26.4 Å². The van der Waals surface area contributed by atoms with Gasteiger partial charge in [-0.25, -0.2) is 9.97 Å². The molecular formula is C30H32N9O2S+. The molecule has 5 aromatic rings. The van der Waals surface area contributed by atoms with Crippen LogP contribution in [0.2, 0.25) is 0 Å². The van der Waals surface area contributed by atoms with Crippen LogP contribution in [-0.2, 0) is 6.42 Å². The summed E-state index contributed by atoms with van der Waals surface area (Å²) in [6, 6.07) is 15.1. The number of nitrogen functional groups attached to an aromatic ring is 1. The van der Waals surface area contributed by atoms with E-state index >= 15 is 0 Å². The number of rotatable bonds is 9. The number of thiazole rings is 1. The largest absolute Gasteiger partial charge is 0.472 e. The Morgan fingerprint density at radius 1 is 1.12 bits per heavy atom. The fraction of sp³-hybridized carbons (Fsp3) is 0.267.